The van der Waals surface area contributed by atoms with Crippen LogP contribution in [0.3, 0.4) is 0 Å². The highest BCUT2D eigenvalue weighted by Gasteiger charge is 2.56. The van der Waals surface area contributed by atoms with E-state index in [1.54, 1.807) is 24.4 Å². The first-order chi connectivity index (χ1) is 26.2. The maximum absolute atomic E-state index is 15.3. The quantitative estimate of drug-likeness (QED) is 0.0454. The Hall–Kier alpha value is -5.41. The third-order valence-corrected chi connectivity index (χ3v) is 10.6. The van der Waals surface area contributed by atoms with Crippen molar-refractivity contribution in [2.24, 2.45) is 5.41 Å². The average molecular weight is 774 g/mol. The molecule has 0 unspecified atom stereocenters. The number of methoxy groups -OCH3 is 1. The van der Waals surface area contributed by atoms with E-state index in [9.17, 15) is 18.8 Å². The number of rotatable bonds is 18. The van der Waals surface area contributed by atoms with E-state index in [1.807, 2.05) is 18.2 Å². The van der Waals surface area contributed by atoms with Crippen LogP contribution in [0.25, 0.3) is 10.9 Å². The zero-order valence-corrected chi connectivity index (χ0v) is 30.9. The van der Waals surface area contributed by atoms with Crippen LogP contribution in [0.15, 0.2) is 96.3 Å². The van der Waals surface area contributed by atoms with Gasteiger partial charge < -0.3 is 30.2 Å². The van der Waals surface area contributed by atoms with Gasteiger partial charge in [0.1, 0.15) is 22.0 Å². The number of carbonyl (C=O) groups is 3. The van der Waals surface area contributed by atoms with Gasteiger partial charge in [-0.25, -0.2) is 13.8 Å². The number of anilines is 2. The first-order valence-corrected chi connectivity index (χ1v) is 19.5. The van der Waals surface area contributed by atoms with E-state index in [2.05, 4.69) is 25.9 Å². The smallest absolute Gasteiger partial charge is 0.240 e. The first-order valence-electron chi connectivity index (χ1n) is 17.2. The van der Waals surface area contributed by atoms with Crippen LogP contribution in [0.4, 0.5) is 20.2 Å². The second kappa shape index (κ2) is 18.1. The van der Waals surface area contributed by atoms with Crippen LogP contribution >= 0.6 is 21.6 Å². The molecule has 3 N–H and O–H groups in total. The van der Waals surface area contributed by atoms with Crippen molar-refractivity contribution in [2.45, 2.75) is 37.1 Å². The molecule has 0 radical (unpaired) electrons. The number of ether oxygens (including phenoxy) is 3. The number of benzene rings is 3. The molecule has 0 atom stereocenters. The Bertz CT molecular complexity index is 2110. The molecule has 0 saturated heterocycles. The summed E-state index contributed by atoms with van der Waals surface area (Å²) in [6.45, 7) is 1.01. The van der Waals surface area contributed by atoms with E-state index in [4.69, 9.17) is 14.2 Å². The monoisotopic (exact) mass is 773 g/mol. The molecule has 1 saturated carbocycles. The molecule has 3 amide bonds. The van der Waals surface area contributed by atoms with Gasteiger partial charge in [-0.2, -0.15) is 0 Å². The molecule has 1 fully saturated rings. The van der Waals surface area contributed by atoms with Gasteiger partial charge in [0.15, 0.2) is 23.1 Å². The molecular formula is C39H37F2N5O6S2. The zero-order chi connectivity index (χ0) is 37.9. The highest BCUT2D eigenvalue weighted by atomic mass is 33.1. The summed E-state index contributed by atoms with van der Waals surface area (Å²) < 4.78 is 46.1. The van der Waals surface area contributed by atoms with Crippen molar-refractivity contribution in [2.75, 3.05) is 36.6 Å². The summed E-state index contributed by atoms with van der Waals surface area (Å²) in [6.07, 6.45) is 6.34. The number of aromatic nitrogens is 2. The Balaban J connectivity index is 0.980. The average Bonchev–Trinajstić information content (AvgIpc) is 3.99. The molecule has 2 heterocycles. The second-order valence-corrected chi connectivity index (χ2v) is 14.7. The maximum Gasteiger partial charge on any atom is 0.240 e. The minimum absolute atomic E-state index is 0.0183. The summed E-state index contributed by atoms with van der Waals surface area (Å²) in [5.41, 5.74) is -0.226. The lowest BCUT2D eigenvalue weighted by molar-refractivity contribution is -0.131. The fourth-order valence-electron chi connectivity index (χ4n) is 5.39. The fraction of sp³-hybridized carbons (Fsp3) is 0.256. The Morgan fingerprint density at radius 2 is 1.57 bits per heavy atom. The molecule has 5 aromatic rings. The van der Waals surface area contributed by atoms with Crippen LogP contribution in [0.5, 0.6) is 23.0 Å². The van der Waals surface area contributed by atoms with Crippen LogP contribution in [0.1, 0.15) is 32.1 Å². The van der Waals surface area contributed by atoms with Crippen molar-refractivity contribution in [3.05, 3.63) is 103 Å². The Morgan fingerprint density at radius 3 is 2.30 bits per heavy atom. The minimum atomic E-state index is -1.29. The number of amides is 3. The Labute approximate surface area is 318 Å². The SMILES string of the molecule is COc1cc2c(Oc3ccc(NC(=O)C4(C(=O)Nc5ccc(F)cc5)CC4)cc3F)ccnc2cc1OCCCCCNC(=O)CSSc1ccccn1. The number of pyridine rings is 2. The Kier molecular flexibility index (Phi) is 12.8. The minimum Gasteiger partial charge on any atom is -0.493 e. The van der Waals surface area contributed by atoms with E-state index in [-0.39, 0.29) is 17.3 Å². The van der Waals surface area contributed by atoms with Gasteiger partial charge in [-0.3, -0.25) is 19.4 Å². The zero-order valence-electron chi connectivity index (χ0n) is 29.2. The van der Waals surface area contributed by atoms with Crippen molar-refractivity contribution in [3.8, 4) is 23.0 Å². The van der Waals surface area contributed by atoms with Gasteiger partial charge in [0, 0.05) is 47.8 Å². The molecule has 54 heavy (non-hydrogen) atoms. The highest BCUT2D eigenvalue weighted by molar-refractivity contribution is 8.76. The summed E-state index contributed by atoms with van der Waals surface area (Å²) in [4.78, 5) is 46.7. The number of hydrogen-bond acceptors (Lipinski definition) is 10. The third-order valence-electron chi connectivity index (χ3n) is 8.49. The van der Waals surface area contributed by atoms with E-state index >= 15 is 4.39 Å². The molecule has 3 aromatic carbocycles. The van der Waals surface area contributed by atoms with E-state index in [0.29, 0.717) is 65.6 Å². The molecule has 1 aliphatic carbocycles. The van der Waals surface area contributed by atoms with Gasteiger partial charge in [-0.15, -0.1) is 0 Å². The van der Waals surface area contributed by atoms with Gasteiger partial charge in [0.2, 0.25) is 17.7 Å². The molecule has 11 nitrogen and oxygen atoms in total. The van der Waals surface area contributed by atoms with E-state index < -0.39 is 28.9 Å². The number of hydrogen-bond donors (Lipinski definition) is 3. The molecule has 0 aliphatic heterocycles. The van der Waals surface area contributed by atoms with Crippen molar-refractivity contribution in [1.29, 1.82) is 0 Å². The van der Waals surface area contributed by atoms with Gasteiger partial charge >= 0.3 is 0 Å². The fourth-order valence-corrected chi connectivity index (χ4v) is 7.17. The predicted octanol–water partition coefficient (Wildman–Crippen LogP) is 8.17. The number of fused-ring (bicyclic) bond motifs is 1. The summed E-state index contributed by atoms with van der Waals surface area (Å²) in [7, 11) is 4.44. The summed E-state index contributed by atoms with van der Waals surface area (Å²) in [6, 6.07) is 19.9. The van der Waals surface area contributed by atoms with Crippen LogP contribution in [0, 0.1) is 17.0 Å². The number of nitrogens with one attached hydrogen (secondary N) is 3. The number of halogens is 2. The van der Waals surface area contributed by atoms with Crippen LogP contribution in [-0.2, 0) is 14.4 Å². The van der Waals surface area contributed by atoms with Crippen LogP contribution in [-0.4, -0.2) is 53.7 Å². The Morgan fingerprint density at radius 1 is 0.796 bits per heavy atom. The number of nitrogens with zero attached hydrogens (tertiary/aromatic N) is 2. The molecule has 6 rings (SSSR count). The predicted molar refractivity (Wildman–Crippen MR) is 205 cm³/mol. The van der Waals surface area contributed by atoms with Crippen LogP contribution in [0.2, 0.25) is 0 Å². The molecule has 0 spiro atoms. The molecule has 1 aliphatic rings. The van der Waals surface area contributed by atoms with Gasteiger partial charge in [-0.05, 0) is 104 Å². The van der Waals surface area contributed by atoms with Gasteiger partial charge in [0.05, 0.1) is 25.0 Å². The van der Waals surface area contributed by atoms with E-state index in [1.165, 1.54) is 71.3 Å². The topological polar surface area (TPSA) is 141 Å². The second-order valence-electron chi connectivity index (χ2n) is 12.3. The van der Waals surface area contributed by atoms with Gasteiger partial charge in [-0.1, -0.05) is 16.9 Å². The molecule has 0 bridgehead atoms. The van der Waals surface area contributed by atoms with Crippen molar-refractivity contribution < 1.29 is 37.4 Å². The molecule has 15 heteroatoms. The standard InChI is InChI=1S/C39H37F2N5O6S2/c1-50-33-22-28-30(23-34(33)51-20-6-2-4-17-43-35(47)24-53-54-36-7-3-5-18-44-36)42-19-14-31(28)52-32-13-12-27(21-29(32)41)46-38(49)39(15-16-39)37(48)45-26-10-8-25(40)9-11-26/h3,5,7-14,18-19,21-23H,2,4,6,15-17,20,24H2,1H3,(H,43,47)(H,45,48)(H,46,49). The van der Waals surface area contributed by atoms with Crippen molar-refractivity contribution in [1.82, 2.24) is 15.3 Å². The third kappa shape index (κ3) is 9.96. The number of carbonyl (C=O) groups excluding carboxylic acids is 3. The normalized spacial score (nSPS) is 12.8. The lowest BCUT2D eigenvalue weighted by Crippen LogP contribution is -2.35. The summed E-state index contributed by atoms with van der Waals surface area (Å²) in [5.74, 6) is -0.746. The maximum atomic E-state index is 15.3. The van der Waals surface area contributed by atoms with Gasteiger partial charge in [0.25, 0.3) is 0 Å². The largest absolute Gasteiger partial charge is 0.493 e. The summed E-state index contributed by atoms with van der Waals surface area (Å²) >= 11 is 0. The summed E-state index contributed by atoms with van der Waals surface area (Å²) in [5, 5.41) is 9.64. The first kappa shape index (κ1) is 38.3. The lowest BCUT2D eigenvalue weighted by atomic mass is 10.0. The van der Waals surface area contributed by atoms with Crippen molar-refractivity contribution >= 4 is 61.6 Å². The molecular weight excluding hydrogens is 737 g/mol. The lowest BCUT2D eigenvalue weighted by Gasteiger charge is -2.16. The molecule has 280 valence electrons. The van der Waals surface area contributed by atoms with Crippen LogP contribution < -0.4 is 30.2 Å². The van der Waals surface area contributed by atoms with Crippen molar-refractivity contribution in [3.63, 3.8) is 0 Å². The molecule has 2 aromatic heterocycles. The van der Waals surface area contributed by atoms with E-state index in [0.717, 1.165) is 30.4 Å². The highest BCUT2D eigenvalue weighted by Crippen LogP contribution is 2.48. The number of unbranched alkanes of at least 4 members (excludes halogenated alkanes) is 2.